The Bertz CT molecular complexity index is 1160. The van der Waals surface area contributed by atoms with Gasteiger partial charge in [0, 0.05) is 11.3 Å². The van der Waals surface area contributed by atoms with E-state index in [9.17, 15) is 27.2 Å². The molecule has 1 aliphatic carbocycles. The molecule has 0 aromatic heterocycles. The summed E-state index contributed by atoms with van der Waals surface area (Å²) in [6.45, 7) is 6.36. The van der Waals surface area contributed by atoms with Crippen LogP contribution in [0.4, 0.5) is 10.1 Å². The van der Waals surface area contributed by atoms with Crippen LogP contribution in [0.2, 0.25) is 0 Å². The number of rotatable bonds is 7. The largest absolute Gasteiger partial charge is 0.365 e. The molecule has 3 aliphatic rings. The van der Waals surface area contributed by atoms with Gasteiger partial charge in [0.1, 0.15) is 31.0 Å². The van der Waals surface area contributed by atoms with Gasteiger partial charge in [0.2, 0.25) is 15.9 Å². The van der Waals surface area contributed by atoms with Crippen molar-refractivity contribution in [3.63, 3.8) is 0 Å². The first-order valence-electron chi connectivity index (χ1n) is 12.7. The zero-order chi connectivity index (χ0) is 27.2. The molecule has 2 heterocycles. The molecule has 3 fully saturated rings. The fourth-order valence-corrected chi connectivity index (χ4v) is 6.14. The van der Waals surface area contributed by atoms with Gasteiger partial charge in [-0.3, -0.25) is 19.1 Å². The number of ketones is 1. The number of carbonyl (C=O) groups excluding carboxylic acids is 3. The smallest absolute Gasteiger partial charge is 0.251 e. The maximum absolute atomic E-state index is 14.6. The number of ether oxygens (including phenoxy) is 1. The van der Waals surface area contributed by atoms with Crippen LogP contribution in [-0.2, 0) is 24.3 Å². The van der Waals surface area contributed by atoms with E-state index in [0.29, 0.717) is 12.1 Å². The van der Waals surface area contributed by atoms with Gasteiger partial charge in [-0.2, -0.15) is 0 Å². The lowest BCUT2D eigenvalue weighted by molar-refractivity contribution is -0.138. The third-order valence-corrected chi connectivity index (χ3v) is 9.84. The van der Waals surface area contributed by atoms with E-state index in [1.54, 1.807) is 20.8 Å². The number of sulfonamides is 1. The topological polar surface area (TPSA) is 122 Å². The molecule has 204 valence electrons. The normalized spacial score (nSPS) is 26.1. The maximum Gasteiger partial charge on any atom is 0.251 e. The Kier molecular flexibility index (Phi) is 7.42. The van der Waals surface area contributed by atoms with Gasteiger partial charge < -0.3 is 15.0 Å². The molecule has 37 heavy (non-hydrogen) atoms. The summed E-state index contributed by atoms with van der Waals surface area (Å²) in [4.78, 5) is 40.4. The van der Waals surface area contributed by atoms with Crippen molar-refractivity contribution >= 4 is 33.3 Å². The highest BCUT2D eigenvalue weighted by Gasteiger charge is 2.54. The third-order valence-electron chi connectivity index (χ3n) is 7.72. The molecule has 1 saturated carbocycles. The fourth-order valence-electron chi connectivity index (χ4n) is 5.39. The first-order chi connectivity index (χ1) is 17.2. The number of anilines is 1. The molecule has 0 unspecified atom stereocenters. The lowest BCUT2D eigenvalue weighted by Gasteiger charge is -2.32. The summed E-state index contributed by atoms with van der Waals surface area (Å²) in [5.74, 6) is -1.32. The number of amides is 2. The molecular formula is C26H36FN3O6S. The van der Waals surface area contributed by atoms with Crippen molar-refractivity contribution in [2.45, 2.75) is 88.9 Å². The van der Waals surface area contributed by atoms with E-state index in [2.05, 4.69) is 17.0 Å². The Hall–Kier alpha value is -2.53. The highest BCUT2D eigenvalue weighted by atomic mass is 32.2. The summed E-state index contributed by atoms with van der Waals surface area (Å²) in [5.41, 5.74) is 0.401. The lowest BCUT2D eigenvalue weighted by atomic mass is 9.81. The second-order valence-electron chi connectivity index (χ2n) is 11.7. The van der Waals surface area contributed by atoms with Crippen LogP contribution in [0.15, 0.2) is 24.3 Å². The highest BCUT2D eigenvalue weighted by Crippen LogP contribution is 2.42. The number of hydrogen-bond acceptors (Lipinski definition) is 6. The van der Waals surface area contributed by atoms with Gasteiger partial charge in [-0.15, -0.1) is 0 Å². The number of fused-ring (bicyclic) bond motifs is 1. The van der Waals surface area contributed by atoms with Gasteiger partial charge in [0.05, 0.1) is 11.3 Å². The summed E-state index contributed by atoms with van der Waals surface area (Å²) in [5, 5.41) is 2.82. The number of Topliss-reactive ketones (excluding diaryl/α,β-unsaturated/α-hetero) is 1. The predicted octanol–water partition coefficient (Wildman–Crippen LogP) is 2.81. The SMILES string of the molecule is CC1(C[C@H](NC(=O)c2ccc(NS(=O)(=O)C(C)(C)C)cc2)C(=O)N2C[C@H](F)[C@H]3OCC(=O)[C@H]32)CCCC1. The van der Waals surface area contributed by atoms with Crippen LogP contribution in [0.5, 0.6) is 0 Å². The van der Waals surface area contributed by atoms with Crippen LogP contribution in [0.3, 0.4) is 0 Å². The number of hydrogen-bond donors (Lipinski definition) is 2. The molecular weight excluding hydrogens is 501 g/mol. The van der Waals surface area contributed by atoms with E-state index in [-0.39, 0.29) is 29.9 Å². The number of benzene rings is 1. The molecule has 2 amide bonds. The Morgan fingerprint density at radius 2 is 1.81 bits per heavy atom. The molecule has 0 spiro atoms. The molecule has 11 heteroatoms. The summed E-state index contributed by atoms with van der Waals surface area (Å²) in [6, 6.07) is 4.03. The van der Waals surface area contributed by atoms with E-state index in [4.69, 9.17) is 4.74 Å². The monoisotopic (exact) mass is 537 g/mol. The average molecular weight is 538 g/mol. The first kappa shape index (κ1) is 27.5. The molecule has 4 atom stereocenters. The molecule has 1 aromatic carbocycles. The maximum atomic E-state index is 14.6. The van der Waals surface area contributed by atoms with Gasteiger partial charge in [-0.05, 0) is 69.7 Å². The van der Waals surface area contributed by atoms with Crippen LogP contribution in [0.1, 0.15) is 70.2 Å². The molecule has 2 saturated heterocycles. The first-order valence-corrected chi connectivity index (χ1v) is 14.2. The summed E-state index contributed by atoms with van der Waals surface area (Å²) >= 11 is 0. The van der Waals surface area contributed by atoms with Crippen LogP contribution in [0.25, 0.3) is 0 Å². The van der Waals surface area contributed by atoms with Gasteiger partial charge in [-0.1, -0.05) is 19.8 Å². The minimum atomic E-state index is -3.63. The minimum absolute atomic E-state index is 0.160. The van der Waals surface area contributed by atoms with Gasteiger partial charge in [0.25, 0.3) is 5.91 Å². The van der Waals surface area contributed by atoms with Crippen molar-refractivity contribution in [3.05, 3.63) is 29.8 Å². The Balaban J connectivity index is 1.52. The second-order valence-corrected chi connectivity index (χ2v) is 14.2. The Morgan fingerprint density at radius 1 is 1.19 bits per heavy atom. The van der Waals surface area contributed by atoms with Crippen LogP contribution < -0.4 is 10.0 Å². The van der Waals surface area contributed by atoms with Gasteiger partial charge in [0.15, 0.2) is 5.78 Å². The van der Waals surface area contributed by atoms with Gasteiger partial charge >= 0.3 is 0 Å². The van der Waals surface area contributed by atoms with E-state index < -0.39 is 50.9 Å². The quantitative estimate of drug-likeness (QED) is 0.552. The van der Waals surface area contributed by atoms with E-state index >= 15 is 0 Å². The van der Waals surface area contributed by atoms with Crippen molar-refractivity contribution in [3.8, 4) is 0 Å². The van der Waals surface area contributed by atoms with E-state index in [1.807, 2.05) is 0 Å². The molecule has 2 N–H and O–H groups in total. The average Bonchev–Trinajstić information content (AvgIpc) is 3.50. The molecule has 4 rings (SSSR count). The molecule has 9 nitrogen and oxygen atoms in total. The van der Waals surface area contributed by atoms with Crippen LogP contribution >= 0.6 is 0 Å². The second kappa shape index (κ2) is 9.98. The minimum Gasteiger partial charge on any atom is -0.365 e. The van der Waals surface area contributed by atoms with Crippen LogP contribution in [0, 0.1) is 5.41 Å². The van der Waals surface area contributed by atoms with Crippen molar-refractivity contribution in [2.75, 3.05) is 17.9 Å². The third kappa shape index (κ3) is 5.67. The number of nitrogens with one attached hydrogen (secondary N) is 2. The summed E-state index contributed by atoms with van der Waals surface area (Å²) in [7, 11) is -3.63. The van der Waals surface area contributed by atoms with Crippen LogP contribution in [-0.4, -0.2) is 73.2 Å². The van der Waals surface area contributed by atoms with Crippen molar-refractivity contribution in [1.29, 1.82) is 0 Å². The lowest BCUT2D eigenvalue weighted by Crippen LogP contribution is -2.53. The summed E-state index contributed by atoms with van der Waals surface area (Å²) < 4.78 is 46.2. The standard InChI is InChI=1S/C26H36FN3O6S/c1-25(2,3)37(34,35)29-17-9-7-16(8-10-17)23(32)28-19(13-26(4)11-5-6-12-26)24(33)30-14-18(27)22-21(30)20(31)15-36-22/h7-10,18-19,21-22,29H,5-6,11-15H2,1-4H3,(H,28,32)/t18-,19-,21+,22+/m0/s1. The number of alkyl halides is 1. The molecule has 2 aliphatic heterocycles. The number of nitrogens with zero attached hydrogens (tertiary/aromatic N) is 1. The van der Waals surface area contributed by atoms with Gasteiger partial charge in [-0.25, -0.2) is 12.8 Å². The Morgan fingerprint density at radius 3 is 2.41 bits per heavy atom. The number of carbonyl (C=O) groups is 3. The zero-order valence-corrected chi connectivity index (χ0v) is 22.6. The molecule has 1 aromatic rings. The van der Waals surface area contributed by atoms with Crippen molar-refractivity contribution in [1.82, 2.24) is 10.2 Å². The molecule has 0 bridgehead atoms. The number of halogens is 1. The molecule has 0 radical (unpaired) electrons. The highest BCUT2D eigenvalue weighted by molar-refractivity contribution is 7.94. The van der Waals surface area contributed by atoms with Crippen molar-refractivity contribution < 1.29 is 31.9 Å². The van der Waals surface area contributed by atoms with Crippen molar-refractivity contribution in [2.24, 2.45) is 5.41 Å². The van der Waals surface area contributed by atoms with E-state index in [1.165, 1.54) is 29.2 Å². The summed E-state index contributed by atoms with van der Waals surface area (Å²) in [6.07, 6.45) is 1.85. The zero-order valence-electron chi connectivity index (χ0n) is 21.8. The fraction of sp³-hybridized carbons (Fsp3) is 0.654. The predicted molar refractivity (Wildman–Crippen MR) is 136 cm³/mol. The van der Waals surface area contributed by atoms with E-state index in [0.717, 1.165) is 25.7 Å². The Labute approximate surface area is 217 Å². The number of likely N-dealkylation sites (tertiary alicyclic amines) is 1.